The maximum absolute atomic E-state index is 13.3. The summed E-state index contributed by atoms with van der Waals surface area (Å²) in [5.41, 5.74) is -0.757. The molecule has 0 bridgehead atoms. The van der Waals surface area contributed by atoms with Gasteiger partial charge in [0.2, 0.25) is 11.7 Å². The molecule has 1 aliphatic rings. The molecule has 2 aromatic heterocycles. The molecule has 4 rings (SSSR count). The van der Waals surface area contributed by atoms with Gasteiger partial charge in [0.1, 0.15) is 5.69 Å². The number of aromatic nitrogens is 4. The molecule has 1 aliphatic heterocycles. The smallest absolute Gasteiger partial charge is 0.339 e. The normalized spacial score (nSPS) is 17.2. The highest BCUT2D eigenvalue weighted by atomic mass is 19.4. The Kier molecular flexibility index (Phi) is 5.47. The Morgan fingerprint density at radius 3 is 2.83 bits per heavy atom. The molecule has 0 aliphatic carbocycles. The molecule has 7 nitrogen and oxygen atoms in total. The summed E-state index contributed by atoms with van der Waals surface area (Å²) in [6, 6.07) is 4.88. The van der Waals surface area contributed by atoms with E-state index in [1.807, 2.05) is 0 Å². The molecule has 1 fully saturated rings. The highest BCUT2D eigenvalue weighted by molar-refractivity contribution is 5.96. The van der Waals surface area contributed by atoms with Crippen LogP contribution in [0.15, 0.2) is 47.4 Å². The van der Waals surface area contributed by atoms with E-state index >= 15 is 0 Å². The number of likely N-dealkylation sites (tertiary alicyclic amines) is 1. The maximum atomic E-state index is 13.3. The van der Waals surface area contributed by atoms with E-state index in [-0.39, 0.29) is 11.5 Å². The van der Waals surface area contributed by atoms with Crippen molar-refractivity contribution in [2.24, 2.45) is 5.92 Å². The Morgan fingerprint density at radius 2 is 2.07 bits per heavy atom. The van der Waals surface area contributed by atoms with Crippen molar-refractivity contribution in [2.75, 3.05) is 13.1 Å². The second-order valence-electron chi connectivity index (χ2n) is 7.11. The van der Waals surface area contributed by atoms with Gasteiger partial charge in [0, 0.05) is 31.9 Å². The number of carbonyl (C=O) groups excluding carboxylic acids is 1. The highest BCUT2D eigenvalue weighted by Gasteiger charge is 2.36. The van der Waals surface area contributed by atoms with Crippen LogP contribution < -0.4 is 0 Å². The van der Waals surface area contributed by atoms with Gasteiger partial charge in [-0.15, -0.1) is 0 Å². The molecule has 10 heteroatoms. The van der Waals surface area contributed by atoms with Crippen molar-refractivity contribution < 1.29 is 22.5 Å². The van der Waals surface area contributed by atoms with Gasteiger partial charge >= 0.3 is 6.18 Å². The van der Waals surface area contributed by atoms with Gasteiger partial charge in [-0.05, 0) is 30.9 Å². The standard InChI is InChI=1S/C20H18F3N5O2/c21-20(22,23)15-6-2-1-5-14(15)19(29)28-9-3-4-13(12-28)10-17-26-18(27-30-17)16-11-24-7-8-25-16/h1-2,5-8,11,13H,3-4,9-10,12H2/t13-/m0/s1. The van der Waals surface area contributed by atoms with Crippen LogP contribution in [0.25, 0.3) is 11.5 Å². The molecule has 0 saturated carbocycles. The number of halogens is 3. The Bertz CT molecular complexity index is 1020. The number of amides is 1. The van der Waals surface area contributed by atoms with Crippen LogP contribution in [0.2, 0.25) is 0 Å². The molecule has 0 radical (unpaired) electrons. The number of hydrogen-bond donors (Lipinski definition) is 0. The van der Waals surface area contributed by atoms with Crippen LogP contribution in [0, 0.1) is 5.92 Å². The van der Waals surface area contributed by atoms with Crippen molar-refractivity contribution in [3.63, 3.8) is 0 Å². The van der Waals surface area contributed by atoms with Crippen LogP contribution >= 0.6 is 0 Å². The number of hydrogen-bond acceptors (Lipinski definition) is 6. The second kappa shape index (κ2) is 8.21. The molecule has 1 atom stereocenters. The first-order valence-corrected chi connectivity index (χ1v) is 9.46. The van der Waals surface area contributed by atoms with E-state index in [2.05, 4.69) is 20.1 Å². The molecule has 156 valence electrons. The summed E-state index contributed by atoms with van der Waals surface area (Å²) >= 11 is 0. The van der Waals surface area contributed by atoms with Crippen molar-refractivity contribution >= 4 is 5.91 Å². The fourth-order valence-electron chi connectivity index (χ4n) is 3.61. The summed E-state index contributed by atoms with van der Waals surface area (Å²) in [6.07, 6.45) is 1.93. The Morgan fingerprint density at radius 1 is 1.23 bits per heavy atom. The molecule has 3 heterocycles. The minimum absolute atomic E-state index is 0.0101. The molecular formula is C20H18F3N5O2. The first kappa shape index (κ1) is 20.0. The largest absolute Gasteiger partial charge is 0.417 e. The SMILES string of the molecule is O=C(c1ccccc1C(F)(F)F)N1CCC[C@@H](Cc2nc(-c3cnccn3)no2)C1. The van der Waals surface area contributed by atoms with Gasteiger partial charge in [-0.2, -0.15) is 18.2 Å². The summed E-state index contributed by atoms with van der Waals surface area (Å²) in [7, 11) is 0. The lowest BCUT2D eigenvalue weighted by molar-refractivity contribution is -0.138. The lowest BCUT2D eigenvalue weighted by atomic mass is 9.93. The van der Waals surface area contributed by atoms with Gasteiger partial charge in [0.05, 0.1) is 17.3 Å². The van der Waals surface area contributed by atoms with Gasteiger partial charge in [-0.25, -0.2) is 4.98 Å². The Balaban J connectivity index is 1.46. The fourth-order valence-corrected chi connectivity index (χ4v) is 3.61. The zero-order chi connectivity index (χ0) is 21.1. The second-order valence-corrected chi connectivity index (χ2v) is 7.11. The highest BCUT2D eigenvalue weighted by Crippen LogP contribution is 2.33. The quantitative estimate of drug-likeness (QED) is 0.644. The maximum Gasteiger partial charge on any atom is 0.417 e. The van der Waals surface area contributed by atoms with Crippen LogP contribution in [-0.2, 0) is 12.6 Å². The molecule has 0 N–H and O–H groups in total. The zero-order valence-electron chi connectivity index (χ0n) is 15.8. The van der Waals surface area contributed by atoms with Gasteiger partial charge < -0.3 is 9.42 Å². The average Bonchev–Trinajstić information content (AvgIpc) is 3.22. The van der Waals surface area contributed by atoms with E-state index in [1.165, 1.54) is 41.7 Å². The van der Waals surface area contributed by atoms with E-state index in [0.29, 0.717) is 43.3 Å². The molecule has 3 aromatic rings. The van der Waals surface area contributed by atoms with Crippen LogP contribution in [0.4, 0.5) is 13.2 Å². The van der Waals surface area contributed by atoms with Crippen molar-refractivity contribution in [1.29, 1.82) is 0 Å². The van der Waals surface area contributed by atoms with Crippen LogP contribution in [0.3, 0.4) is 0 Å². The van der Waals surface area contributed by atoms with E-state index in [9.17, 15) is 18.0 Å². The predicted molar refractivity (Wildman–Crippen MR) is 99.1 cm³/mol. The summed E-state index contributed by atoms with van der Waals surface area (Å²) in [5.74, 6) is 0.112. The lowest BCUT2D eigenvalue weighted by Gasteiger charge is -2.32. The molecular weight excluding hydrogens is 399 g/mol. The molecule has 1 amide bonds. The first-order valence-electron chi connectivity index (χ1n) is 9.46. The van der Waals surface area contributed by atoms with Crippen molar-refractivity contribution in [1.82, 2.24) is 25.0 Å². The van der Waals surface area contributed by atoms with Gasteiger partial charge in [-0.1, -0.05) is 17.3 Å². The number of piperidine rings is 1. The number of nitrogens with zero attached hydrogens (tertiary/aromatic N) is 5. The lowest BCUT2D eigenvalue weighted by Crippen LogP contribution is -2.41. The third kappa shape index (κ3) is 4.32. The van der Waals surface area contributed by atoms with Crippen LogP contribution in [0.1, 0.15) is 34.7 Å². The number of alkyl halides is 3. The minimum Gasteiger partial charge on any atom is -0.339 e. The van der Waals surface area contributed by atoms with Crippen molar-refractivity contribution in [2.45, 2.75) is 25.4 Å². The average molecular weight is 417 g/mol. The van der Waals surface area contributed by atoms with Gasteiger partial charge in [-0.3, -0.25) is 9.78 Å². The molecule has 0 unspecified atom stereocenters. The Hall–Kier alpha value is -3.30. The molecule has 0 spiro atoms. The molecule has 1 saturated heterocycles. The van der Waals surface area contributed by atoms with E-state index < -0.39 is 17.6 Å². The Labute approximate surface area is 170 Å². The molecule has 1 aromatic carbocycles. The molecule has 30 heavy (non-hydrogen) atoms. The van der Waals surface area contributed by atoms with E-state index in [1.54, 1.807) is 0 Å². The predicted octanol–water partition coefficient (Wildman–Crippen LogP) is 3.64. The summed E-state index contributed by atoms with van der Waals surface area (Å²) in [6.45, 7) is 0.740. The third-order valence-electron chi connectivity index (χ3n) is 4.99. The summed E-state index contributed by atoms with van der Waals surface area (Å²) in [5, 5.41) is 3.90. The summed E-state index contributed by atoms with van der Waals surface area (Å²) in [4.78, 5) is 26.7. The number of rotatable bonds is 4. The van der Waals surface area contributed by atoms with E-state index in [4.69, 9.17) is 4.52 Å². The van der Waals surface area contributed by atoms with Crippen molar-refractivity contribution in [3.8, 4) is 11.5 Å². The zero-order valence-corrected chi connectivity index (χ0v) is 15.8. The third-order valence-corrected chi connectivity index (χ3v) is 4.99. The first-order chi connectivity index (χ1) is 14.4. The number of benzene rings is 1. The topological polar surface area (TPSA) is 85.0 Å². The fraction of sp³-hybridized carbons (Fsp3) is 0.350. The monoisotopic (exact) mass is 417 g/mol. The summed E-state index contributed by atoms with van der Waals surface area (Å²) < 4.78 is 45.1. The van der Waals surface area contributed by atoms with Crippen LogP contribution in [-0.4, -0.2) is 44.0 Å². The van der Waals surface area contributed by atoms with Gasteiger partial charge in [0.15, 0.2) is 0 Å². The van der Waals surface area contributed by atoms with Crippen molar-refractivity contribution in [3.05, 3.63) is 59.9 Å². The van der Waals surface area contributed by atoms with E-state index in [0.717, 1.165) is 12.5 Å². The minimum atomic E-state index is -4.58. The van der Waals surface area contributed by atoms with Crippen LogP contribution in [0.5, 0.6) is 0 Å². The number of carbonyl (C=O) groups is 1. The van der Waals surface area contributed by atoms with Gasteiger partial charge in [0.25, 0.3) is 5.91 Å².